The summed E-state index contributed by atoms with van der Waals surface area (Å²) in [6.45, 7) is 0.895. The largest absolute Gasteiger partial charge is 0.359 e. The van der Waals surface area contributed by atoms with Crippen LogP contribution in [0.5, 0.6) is 0 Å². The van der Waals surface area contributed by atoms with Crippen molar-refractivity contribution in [3.63, 3.8) is 0 Å². The van der Waals surface area contributed by atoms with Gasteiger partial charge >= 0.3 is 0 Å². The van der Waals surface area contributed by atoms with Crippen LogP contribution >= 0.6 is 34.9 Å². The van der Waals surface area contributed by atoms with Gasteiger partial charge in [-0.25, -0.2) is 4.98 Å². The van der Waals surface area contributed by atoms with Crippen molar-refractivity contribution in [1.82, 2.24) is 9.36 Å². The molecule has 1 aromatic heterocycles. The van der Waals surface area contributed by atoms with Gasteiger partial charge in [0.2, 0.25) is 5.13 Å². The Kier molecular flexibility index (Phi) is 4.25. The molecule has 3 nitrogen and oxygen atoms in total. The number of anilines is 1. The van der Waals surface area contributed by atoms with Crippen molar-refractivity contribution in [3.05, 3.63) is 35.1 Å². The minimum Gasteiger partial charge on any atom is -0.359 e. The third kappa shape index (κ3) is 3.84. The van der Waals surface area contributed by atoms with Gasteiger partial charge in [-0.1, -0.05) is 11.6 Å². The van der Waals surface area contributed by atoms with Crippen molar-refractivity contribution < 1.29 is 0 Å². The fraction of sp³-hybridized carbons (Fsp3) is 0.385. The molecule has 0 unspecified atom stereocenters. The van der Waals surface area contributed by atoms with Crippen molar-refractivity contribution in [2.45, 2.75) is 23.7 Å². The highest BCUT2D eigenvalue weighted by atomic mass is 35.5. The minimum atomic E-state index is 0.634. The second kappa shape index (κ2) is 6.11. The first kappa shape index (κ1) is 13.2. The number of nitrogens with one attached hydrogen (secondary N) is 1. The van der Waals surface area contributed by atoms with E-state index in [-0.39, 0.29) is 0 Å². The maximum absolute atomic E-state index is 5.85. The fourth-order valence-corrected chi connectivity index (χ4v) is 3.24. The Bertz CT molecular complexity index is 537. The van der Waals surface area contributed by atoms with Crippen LogP contribution in [0.25, 0.3) is 0 Å². The van der Waals surface area contributed by atoms with Crippen LogP contribution in [0.15, 0.2) is 29.2 Å². The summed E-state index contributed by atoms with van der Waals surface area (Å²) in [7, 11) is 0. The lowest BCUT2D eigenvalue weighted by atomic mass is 10.4. The Morgan fingerprint density at radius 3 is 2.84 bits per heavy atom. The van der Waals surface area contributed by atoms with E-state index in [1.807, 2.05) is 36.0 Å². The molecule has 1 saturated carbocycles. The van der Waals surface area contributed by atoms with Crippen LogP contribution in [0.4, 0.5) is 5.13 Å². The van der Waals surface area contributed by atoms with Gasteiger partial charge in [-0.05, 0) is 37.1 Å². The number of benzene rings is 1. The van der Waals surface area contributed by atoms with E-state index < -0.39 is 0 Å². The Labute approximate surface area is 126 Å². The smallest absolute Gasteiger partial charge is 0.202 e. The minimum absolute atomic E-state index is 0.634. The second-order valence-electron chi connectivity index (χ2n) is 4.46. The Morgan fingerprint density at radius 1 is 1.32 bits per heavy atom. The van der Waals surface area contributed by atoms with Gasteiger partial charge in [0.1, 0.15) is 5.82 Å². The number of thioether (sulfide) groups is 1. The lowest BCUT2D eigenvalue weighted by Crippen LogP contribution is -2.03. The van der Waals surface area contributed by atoms with E-state index in [4.69, 9.17) is 11.6 Å². The zero-order chi connectivity index (χ0) is 13.1. The molecule has 19 heavy (non-hydrogen) atoms. The lowest BCUT2D eigenvalue weighted by molar-refractivity contribution is 0.983. The summed E-state index contributed by atoms with van der Waals surface area (Å²) in [6, 6.07) is 7.93. The lowest BCUT2D eigenvalue weighted by Gasteiger charge is -2.02. The highest BCUT2D eigenvalue weighted by Crippen LogP contribution is 2.39. The molecule has 1 fully saturated rings. The molecular formula is C13H14ClN3S2. The van der Waals surface area contributed by atoms with Gasteiger partial charge in [0, 0.05) is 39.7 Å². The van der Waals surface area contributed by atoms with E-state index in [0.29, 0.717) is 5.92 Å². The monoisotopic (exact) mass is 311 g/mol. The van der Waals surface area contributed by atoms with Gasteiger partial charge in [0.25, 0.3) is 0 Å². The number of nitrogens with zero attached hydrogens (tertiary/aromatic N) is 2. The molecule has 0 amide bonds. The summed E-state index contributed by atoms with van der Waals surface area (Å²) in [5, 5.41) is 5.05. The van der Waals surface area contributed by atoms with Gasteiger partial charge in [-0.2, -0.15) is 4.37 Å². The maximum atomic E-state index is 5.85. The molecule has 0 aliphatic heterocycles. The van der Waals surface area contributed by atoms with Gasteiger partial charge in [-0.3, -0.25) is 0 Å². The van der Waals surface area contributed by atoms with Crippen LogP contribution in [0.3, 0.4) is 0 Å². The molecule has 0 radical (unpaired) electrons. The highest BCUT2D eigenvalue weighted by molar-refractivity contribution is 7.99. The van der Waals surface area contributed by atoms with Crippen LogP contribution in [0.2, 0.25) is 5.02 Å². The first-order chi connectivity index (χ1) is 9.31. The molecule has 1 aliphatic carbocycles. The molecule has 1 aliphatic rings. The van der Waals surface area contributed by atoms with Gasteiger partial charge in [0.15, 0.2) is 0 Å². The van der Waals surface area contributed by atoms with E-state index >= 15 is 0 Å². The number of halogens is 1. The van der Waals surface area contributed by atoms with Gasteiger partial charge in [0.05, 0.1) is 0 Å². The van der Waals surface area contributed by atoms with E-state index in [1.54, 1.807) is 0 Å². The maximum Gasteiger partial charge on any atom is 0.202 e. The average molecular weight is 312 g/mol. The van der Waals surface area contributed by atoms with Crippen LogP contribution in [0.1, 0.15) is 24.6 Å². The van der Waals surface area contributed by atoms with Crippen LogP contribution < -0.4 is 5.32 Å². The van der Waals surface area contributed by atoms with Crippen LogP contribution in [-0.4, -0.2) is 21.7 Å². The molecule has 6 heteroatoms. The number of rotatable bonds is 6. The normalized spacial score (nSPS) is 14.6. The third-order valence-electron chi connectivity index (χ3n) is 2.84. The van der Waals surface area contributed by atoms with E-state index in [2.05, 4.69) is 14.7 Å². The summed E-state index contributed by atoms with van der Waals surface area (Å²) in [6.07, 6.45) is 2.51. The molecule has 1 aromatic carbocycles. The summed E-state index contributed by atoms with van der Waals surface area (Å²) in [5.41, 5.74) is 0. The predicted octanol–water partition coefficient (Wildman–Crippen LogP) is 4.27. The topological polar surface area (TPSA) is 37.8 Å². The van der Waals surface area contributed by atoms with Crippen LogP contribution in [-0.2, 0) is 0 Å². The van der Waals surface area contributed by atoms with Gasteiger partial charge in [-0.15, -0.1) is 11.8 Å². The van der Waals surface area contributed by atoms with Crippen molar-refractivity contribution >= 4 is 40.0 Å². The quantitative estimate of drug-likeness (QED) is 0.638. The fourth-order valence-electron chi connectivity index (χ4n) is 1.67. The zero-order valence-corrected chi connectivity index (χ0v) is 12.7. The zero-order valence-electron chi connectivity index (χ0n) is 10.3. The molecule has 100 valence electrons. The third-order valence-corrected chi connectivity index (χ3v) is 4.80. The number of aromatic nitrogens is 2. The molecule has 0 spiro atoms. The average Bonchev–Trinajstić information content (AvgIpc) is 3.17. The predicted molar refractivity (Wildman–Crippen MR) is 82.5 cm³/mol. The summed E-state index contributed by atoms with van der Waals surface area (Å²) >= 11 is 9.13. The Morgan fingerprint density at radius 2 is 2.11 bits per heavy atom. The van der Waals surface area contributed by atoms with E-state index in [9.17, 15) is 0 Å². The summed E-state index contributed by atoms with van der Waals surface area (Å²) in [4.78, 5) is 5.74. The molecule has 3 rings (SSSR count). The number of hydrogen-bond donors (Lipinski definition) is 1. The van der Waals surface area contributed by atoms with Crippen molar-refractivity contribution in [1.29, 1.82) is 0 Å². The molecule has 0 saturated heterocycles. The van der Waals surface area contributed by atoms with Crippen LogP contribution in [0, 0.1) is 0 Å². The molecule has 0 bridgehead atoms. The summed E-state index contributed by atoms with van der Waals surface area (Å²) in [5.74, 6) is 2.66. The van der Waals surface area contributed by atoms with Crippen molar-refractivity contribution in [2.75, 3.05) is 17.6 Å². The highest BCUT2D eigenvalue weighted by Gasteiger charge is 2.27. The van der Waals surface area contributed by atoms with Crippen molar-refractivity contribution in [2.24, 2.45) is 0 Å². The first-order valence-electron chi connectivity index (χ1n) is 6.27. The number of hydrogen-bond acceptors (Lipinski definition) is 5. The van der Waals surface area contributed by atoms with E-state index in [1.165, 1.54) is 29.3 Å². The Balaban J connectivity index is 1.41. The molecule has 1 heterocycles. The second-order valence-corrected chi connectivity index (χ2v) is 6.82. The molecule has 2 aromatic rings. The van der Waals surface area contributed by atoms with Crippen molar-refractivity contribution in [3.8, 4) is 0 Å². The SMILES string of the molecule is Clc1ccc(SCCNc2nc(C3CC3)ns2)cc1. The molecule has 1 N–H and O–H groups in total. The van der Waals surface area contributed by atoms with E-state index in [0.717, 1.165) is 28.3 Å². The first-order valence-corrected chi connectivity index (χ1v) is 8.41. The molecular weight excluding hydrogens is 298 g/mol. The standard InChI is InChI=1S/C13H14ClN3S2/c14-10-3-5-11(6-4-10)18-8-7-15-13-16-12(17-19-13)9-1-2-9/h3-6,9H,1-2,7-8H2,(H,15,16,17). The van der Waals surface area contributed by atoms with Gasteiger partial charge < -0.3 is 5.32 Å². The molecule has 0 atom stereocenters. The Hall–Kier alpha value is -0.780. The summed E-state index contributed by atoms with van der Waals surface area (Å²) < 4.78 is 4.37.